The van der Waals surface area contributed by atoms with E-state index in [4.69, 9.17) is 23.2 Å². The Hall–Kier alpha value is -1.29. The summed E-state index contributed by atoms with van der Waals surface area (Å²) in [6, 6.07) is 9.31. The molecule has 0 aliphatic rings. The predicted octanol–water partition coefficient (Wildman–Crippen LogP) is 5.74. The van der Waals surface area contributed by atoms with Gasteiger partial charge in [0.2, 0.25) is 5.91 Å². The van der Waals surface area contributed by atoms with Crippen LogP contribution in [-0.2, 0) is 11.8 Å². The molecular weight excluding hydrogens is 530 g/mol. The topological polar surface area (TPSA) is 59.8 Å². The number of benzene rings is 2. The molecule has 1 aromatic heterocycles. The average Bonchev–Trinajstić information content (AvgIpc) is 2.97. The minimum Gasteiger partial charge on any atom is -0.325 e. The van der Waals surface area contributed by atoms with Crippen molar-refractivity contribution < 1.29 is 4.79 Å². The number of hydrogen-bond donors (Lipinski definition) is 1. The standard InChI is InChI=1S/C19H17Cl2IN4OS/c1-10-6-13(22)7-11(2)17(10)23-16(27)9-28-19-25-24-18(26(19)3)14-5-4-12(20)8-15(14)21/h4-8H,9H2,1-3H3,(H,23,27). The molecule has 3 rings (SSSR count). The Morgan fingerprint density at radius 3 is 2.50 bits per heavy atom. The molecule has 0 saturated heterocycles. The second-order valence-electron chi connectivity index (χ2n) is 6.24. The summed E-state index contributed by atoms with van der Waals surface area (Å²) in [5.74, 6) is 0.756. The van der Waals surface area contributed by atoms with E-state index in [0.717, 1.165) is 25.9 Å². The third kappa shape index (κ3) is 4.82. The summed E-state index contributed by atoms with van der Waals surface area (Å²) in [4.78, 5) is 12.4. The van der Waals surface area contributed by atoms with Crippen LogP contribution in [-0.4, -0.2) is 26.4 Å². The number of aromatic nitrogens is 3. The van der Waals surface area contributed by atoms with E-state index in [0.29, 0.717) is 21.0 Å². The molecule has 5 nitrogen and oxygen atoms in total. The highest BCUT2D eigenvalue weighted by Gasteiger charge is 2.16. The van der Waals surface area contributed by atoms with Crippen molar-refractivity contribution in [1.29, 1.82) is 0 Å². The molecule has 28 heavy (non-hydrogen) atoms. The van der Waals surface area contributed by atoms with E-state index in [-0.39, 0.29) is 11.7 Å². The van der Waals surface area contributed by atoms with E-state index in [1.54, 1.807) is 18.2 Å². The number of halogens is 3. The number of nitrogens with one attached hydrogen (secondary N) is 1. The van der Waals surface area contributed by atoms with Gasteiger partial charge in [-0.3, -0.25) is 4.79 Å². The van der Waals surface area contributed by atoms with Crippen molar-refractivity contribution in [3.63, 3.8) is 0 Å². The quantitative estimate of drug-likeness (QED) is 0.327. The monoisotopic (exact) mass is 546 g/mol. The molecule has 0 radical (unpaired) electrons. The molecule has 0 saturated carbocycles. The summed E-state index contributed by atoms with van der Waals surface area (Å²) >= 11 is 15.8. The van der Waals surface area contributed by atoms with Crippen molar-refractivity contribution in [3.8, 4) is 11.4 Å². The van der Waals surface area contributed by atoms with Gasteiger partial charge in [0.25, 0.3) is 0 Å². The van der Waals surface area contributed by atoms with Crippen LogP contribution in [0.25, 0.3) is 11.4 Å². The molecule has 3 aromatic rings. The van der Waals surface area contributed by atoms with Crippen molar-refractivity contribution in [2.45, 2.75) is 19.0 Å². The third-order valence-corrected chi connectivity index (χ3v) is 6.29. The van der Waals surface area contributed by atoms with Gasteiger partial charge >= 0.3 is 0 Å². The maximum Gasteiger partial charge on any atom is 0.234 e. The Balaban J connectivity index is 1.70. The van der Waals surface area contributed by atoms with Crippen molar-refractivity contribution >= 4 is 69.1 Å². The molecule has 146 valence electrons. The van der Waals surface area contributed by atoms with E-state index in [1.165, 1.54) is 11.8 Å². The van der Waals surface area contributed by atoms with E-state index in [2.05, 4.69) is 38.1 Å². The Kier molecular flexibility index (Phi) is 6.90. The van der Waals surface area contributed by atoms with Gasteiger partial charge in [-0.2, -0.15) is 0 Å². The maximum atomic E-state index is 12.4. The van der Waals surface area contributed by atoms with Gasteiger partial charge in [-0.15, -0.1) is 10.2 Å². The van der Waals surface area contributed by atoms with E-state index < -0.39 is 0 Å². The molecule has 0 atom stereocenters. The van der Waals surface area contributed by atoms with Crippen LogP contribution in [0.4, 0.5) is 5.69 Å². The fourth-order valence-electron chi connectivity index (χ4n) is 2.76. The van der Waals surface area contributed by atoms with Gasteiger partial charge in [-0.25, -0.2) is 0 Å². The van der Waals surface area contributed by atoms with Crippen LogP contribution < -0.4 is 5.32 Å². The number of amides is 1. The van der Waals surface area contributed by atoms with Crippen LogP contribution in [0.2, 0.25) is 10.0 Å². The summed E-state index contributed by atoms with van der Waals surface area (Å²) in [6.45, 7) is 3.98. The minimum absolute atomic E-state index is 0.0912. The summed E-state index contributed by atoms with van der Waals surface area (Å²) in [7, 11) is 1.84. The zero-order chi connectivity index (χ0) is 20.4. The van der Waals surface area contributed by atoms with E-state index >= 15 is 0 Å². The molecule has 0 spiro atoms. The number of aryl methyl sites for hydroxylation is 2. The van der Waals surface area contributed by atoms with Crippen LogP contribution >= 0.6 is 57.6 Å². The summed E-state index contributed by atoms with van der Waals surface area (Å²) in [5, 5.41) is 13.1. The highest BCUT2D eigenvalue weighted by molar-refractivity contribution is 14.1. The number of thioether (sulfide) groups is 1. The fraction of sp³-hybridized carbons (Fsp3) is 0.211. The molecule has 0 unspecified atom stereocenters. The SMILES string of the molecule is Cc1cc(I)cc(C)c1NC(=O)CSc1nnc(-c2ccc(Cl)cc2Cl)n1C. The van der Waals surface area contributed by atoms with Gasteiger partial charge in [0.1, 0.15) is 0 Å². The number of nitrogens with zero attached hydrogens (tertiary/aromatic N) is 3. The normalized spacial score (nSPS) is 10.9. The first-order chi connectivity index (χ1) is 13.3. The van der Waals surface area contributed by atoms with Crippen molar-refractivity contribution in [2.75, 3.05) is 11.1 Å². The lowest BCUT2D eigenvalue weighted by Crippen LogP contribution is -2.16. The second kappa shape index (κ2) is 9.02. The Morgan fingerprint density at radius 2 is 1.86 bits per heavy atom. The molecule has 0 fully saturated rings. The van der Waals surface area contributed by atoms with Crippen LogP contribution in [0.15, 0.2) is 35.5 Å². The predicted molar refractivity (Wildman–Crippen MR) is 124 cm³/mol. The van der Waals surface area contributed by atoms with Gasteiger partial charge in [0, 0.05) is 26.9 Å². The molecule has 0 bridgehead atoms. The van der Waals surface area contributed by atoms with Crippen LogP contribution in [0.3, 0.4) is 0 Å². The zero-order valence-corrected chi connectivity index (χ0v) is 19.9. The number of carbonyl (C=O) groups is 1. The van der Waals surface area contributed by atoms with E-state index in [9.17, 15) is 4.79 Å². The lowest BCUT2D eigenvalue weighted by molar-refractivity contribution is -0.113. The van der Waals surface area contributed by atoms with Crippen molar-refractivity contribution in [2.24, 2.45) is 7.05 Å². The highest BCUT2D eigenvalue weighted by atomic mass is 127. The number of hydrogen-bond acceptors (Lipinski definition) is 4. The molecule has 1 N–H and O–H groups in total. The molecule has 0 aliphatic carbocycles. The Bertz CT molecular complexity index is 1030. The number of anilines is 1. The van der Waals surface area contributed by atoms with Gasteiger partial charge in [-0.1, -0.05) is 35.0 Å². The van der Waals surface area contributed by atoms with Crippen LogP contribution in [0.1, 0.15) is 11.1 Å². The van der Waals surface area contributed by atoms with Gasteiger partial charge in [-0.05, 0) is 77.9 Å². The molecule has 9 heteroatoms. The first-order valence-corrected chi connectivity index (χ1v) is 11.1. The Labute approximate surface area is 191 Å². The number of rotatable bonds is 5. The van der Waals surface area contributed by atoms with Crippen LogP contribution in [0.5, 0.6) is 0 Å². The second-order valence-corrected chi connectivity index (χ2v) is 9.27. The summed E-state index contributed by atoms with van der Waals surface area (Å²) in [5.41, 5.74) is 3.68. The van der Waals surface area contributed by atoms with E-state index in [1.807, 2.05) is 37.6 Å². The minimum atomic E-state index is -0.0912. The molecule has 1 amide bonds. The molecule has 0 aliphatic heterocycles. The maximum absolute atomic E-state index is 12.4. The smallest absolute Gasteiger partial charge is 0.234 e. The van der Waals surface area contributed by atoms with Crippen molar-refractivity contribution in [3.05, 3.63) is 55.1 Å². The first kappa shape index (κ1) is 21.4. The first-order valence-electron chi connectivity index (χ1n) is 8.30. The molecular formula is C19H17Cl2IN4OS. The highest BCUT2D eigenvalue weighted by Crippen LogP contribution is 2.31. The average molecular weight is 547 g/mol. The fourth-order valence-corrected chi connectivity index (χ4v) is 4.90. The van der Waals surface area contributed by atoms with Crippen LogP contribution in [0, 0.1) is 17.4 Å². The molecule has 1 heterocycles. The lowest BCUT2D eigenvalue weighted by atomic mass is 10.1. The lowest BCUT2D eigenvalue weighted by Gasteiger charge is -2.12. The third-order valence-electron chi connectivity index (χ3n) is 4.10. The van der Waals surface area contributed by atoms with Gasteiger partial charge < -0.3 is 9.88 Å². The van der Waals surface area contributed by atoms with Gasteiger partial charge in [0.05, 0.1) is 10.8 Å². The van der Waals surface area contributed by atoms with Crippen molar-refractivity contribution in [1.82, 2.24) is 14.8 Å². The Morgan fingerprint density at radius 1 is 1.18 bits per heavy atom. The number of carbonyl (C=O) groups excluding carboxylic acids is 1. The zero-order valence-electron chi connectivity index (χ0n) is 15.4. The summed E-state index contributed by atoms with van der Waals surface area (Å²) < 4.78 is 2.96. The van der Waals surface area contributed by atoms with Gasteiger partial charge in [0.15, 0.2) is 11.0 Å². The summed E-state index contributed by atoms with van der Waals surface area (Å²) in [6.07, 6.45) is 0. The molecule has 2 aromatic carbocycles. The largest absolute Gasteiger partial charge is 0.325 e.